The molecule has 2 aromatic carbocycles. The highest BCUT2D eigenvalue weighted by molar-refractivity contribution is 5.77. The van der Waals surface area contributed by atoms with E-state index in [1.165, 1.54) is 17.3 Å². The maximum atomic E-state index is 11.7. The second kappa shape index (κ2) is 9.71. The summed E-state index contributed by atoms with van der Waals surface area (Å²) in [5.41, 5.74) is 5.11. The number of nitriles is 1. The van der Waals surface area contributed by atoms with Crippen LogP contribution in [0, 0.1) is 11.3 Å². The molecular formula is C28H30N6O3. The van der Waals surface area contributed by atoms with Gasteiger partial charge in [-0.25, -0.2) is 4.98 Å². The minimum atomic E-state index is -0.866. The molecular weight excluding hydrogens is 468 g/mol. The van der Waals surface area contributed by atoms with E-state index in [4.69, 9.17) is 9.72 Å². The summed E-state index contributed by atoms with van der Waals surface area (Å²) >= 11 is 0. The molecule has 2 aliphatic rings. The lowest BCUT2D eigenvalue weighted by atomic mass is 9.81. The normalized spacial score (nSPS) is 18.6. The summed E-state index contributed by atoms with van der Waals surface area (Å²) in [6.45, 7) is 4.72. The first-order valence-electron chi connectivity index (χ1n) is 12.3. The minimum absolute atomic E-state index is 0.0219. The fourth-order valence-corrected chi connectivity index (χ4v) is 5.44. The molecule has 1 atom stereocenters. The number of methoxy groups -OCH3 is 1. The van der Waals surface area contributed by atoms with Crippen molar-refractivity contribution in [1.29, 1.82) is 5.26 Å². The van der Waals surface area contributed by atoms with Crippen LogP contribution in [0.4, 0.5) is 17.5 Å². The lowest BCUT2D eigenvalue weighted by molar-refractivity contribution is -0.138. The van der Waals surface area contributed by atoms with Gasteiger partial charge in [-0.2, -0.15) is 10.2 Å². The van der Waals surface area contributed by atoms with Gasteiger partial charge in [-0.15, -0.1) is 0 Å². The largest absolute Gasteiger partial charge is 0.496 e. The number of ether oxygens (including phenoxy) is 1. The number of fused-ring (bicyclic) bond motifs is 2. The third-order valence-corrected chi connectivity index (χ3v) is 7.28. The van der Waals surface area contributed by atoms with E-state index < -0.39 is 11.4 Å². The number of rotatable bonds is 7. The number of likely N-dealkylation sites (N-methyl/N-ethyl adjacent to an activating group) is 1. The number of hydrogen-bond donors (Lipinski definition) is 2. The molecule has 9 nitrogen and oxygen atoms in total. The van der Waals surface area contributed by atoms with Crippen molar-refractivity contribution >= 4 is 23.4 Å². The zero-order chi connectivity index (χ0) is 26.2. The van der Waals surface area contributed by atoms with Crippen LogP contribution >= 0.6 is 0 Å². The number of carboxylic acids is 1. The highest BCUT2D eigenvalue weighted by atomic mass is 16.5. The number of hydrogen-bond acceptors (Lipinski definition) is 8. The molecule has 0 saturated heterocycles. The van der Waals surface area contributed by atoms with Crippen LogP contribution in [0.25, 0.3) is 0 Å². The number of aromatic nitrogens is 2. The van der Waals surface area contributed by atoms with E-state index in [1.807, 2.05) is 36.1 Å². The molecule has 0 fully saturated rings. The van der Waals surface area contributed by atoms with Crippen molar-refractivity contribution in [1.82, 2.24) is 14.9 Å². The molecule has 1 unspecified atom stereocenters. The van der Waals surface area contributed by atoms with Crippen molar-refractivity contribution in [3.8, 4) is 11.8 Å². The lowest BCUT2D eigenvalue weighted by Crippen LogP contribution is -2.31. The van der Waals surface area contributed by atoms with Crippen LogP contribution in [0.5, 0.6) is 5.75 Å². The van der Waals surface area contributed by atoms with Crippen LogP contribution < -0.4 is 15.0 Å². The summed E-state index contributed by atoms with van der Waals surface area (Å²) in [6.07, 6.45) is 2.49. The van der Waals surface area contributed by atoms with Crippen molar-refractivity contribution in [3.63, 3.8) is 0 Å². The number of anilines is 3. The molecule has 0 amide bonds. The number of para-hydroxylation sites is 1. The Hall–Kier alpha value is -4.16. The van der Waals surface area contributed by atoms with E-state index in [2.05, 4.69) is 40.5 Å². The maximum absolute atomic E-state index is 11.7. The molecule has 190 valence electrons. The van der Waals surface area contributed by atoms with Crippen LogP contribution in [0.15, 0.2) is 42.6 Å². The first kappa shape index (κ1) is 24.5. The SMILES string of the molecule is COc1cc2c(cc1CNc1ncc(C#N)c(N3CC(C)(CC(=O)O)c4ccccc43)n1)CN(C)CC2. The molecule has 3 heterocycles. The molecule has 0 aliphatic carbocycles. The van der Waals surface area contributed by atoms with E-state index in [0.29, 0.717) is 30.4 Å². The van der Waals surface area contributed by atoms with Gasteiger partial charge in [0.05, 0.1) is 19.7 Å². The van der Waals surface area contributed by atoms with E-state index in [1.54, 1.807) is 7.11 Å². The Kier molecular flexibility index (Phi) is 6.44. The molecule has 2 aliphatic heterocycles. The Morgan fingerprint density at radius 1 is 1.30 bits per heavy atom. The fourth-order valence-electron chi connectivity index (χ4n) is 5.44. The second-order valence-electron chi connectivity index (χ2n) is 10.1. The van der Waals surface area contributed by atoms with Gasteiger partial charge in [-0.3, -0.25) is 4.79 Å². The third-order valence-electron chi connectivity index (χ3n) is 7.28. The lowest BCUT2D eigenvalue weighted by Gasteiger charge is -2.26. The molecule has 0 radical (unpaired) electrons. The zero-order valence-electron chi connectivity index (χ0n) is 21.3. The average Bonchev–Trinajstić information content (AvgIpc) is 3.18. The van der Waals surface area contributed by atoms with Crippen LogP contribution in [0.3, 0.4) is 0 Å². The van der Waals surface area contributed by atoms with Gasteiger partial charge in [0, 0.05) is 42.8 Å². The van der Waals surface area contributed by atoms with E-state index in [9.17, 15) is 15.2 Å². The number of benzene rings is 2. The molecule has 37 heavy (non-hydrogen) atoms. The second-order valence-corrected chi connectivity index (χ2v) is 10.1. The molecule has 0 saturated carbocycles. The van der Waals surface area contributed by atoms with E-state index >= 15 is 0 Å². The quantitative estimate of drug-likeness (QED) is 0.501. The Labute approximate surface area is 216 Å². The Balaban J connectivity index is 1.45. The average molecular weight is 499 g/mol. The number of nitrogens with zero attached hydrogens (tertiary/aromatic N) is 5. The van der Waals surface area contributed by atoms with Gasteiger partial charge < -0.3 is 25.0 Å². The molecule has 5 rings (SSSR count). The number of aliphatic carboxylic acids is 1. The van der Waals surface area contributed by atoms with E-state index in [0.717, 1.165) is 42.1 Å². The van der Waals surface area contributed by atoms with Crippen LogP contribution in [0.2, 0.25) is 0 Å². The topological polar surface area (TPSA) is 115 Å². The minimum Gasteiger partial charge on any atom is -0.496 e. The summed E-state index contributed by atoms with van der Waals surface area (Å²) in [5.74, 6) is 0.799. The molecule has 1 aromatic heterocycles. The Morgan fingerprint density at radius 3 is 2.86 bits per heavy atom. The van der Waals surface area contributed by atoms with Crippen LogP contribution in [-0.4, -0.2) is 53.2 Å². The van der Waals surface area contributed by atoms with Gasteiger partial charge in [-0.05, 0) is 48.4 Å². The molecule has 3 aromatic rings. The van der Waals surface area contributed by atoms with Crippen molar-refractivity contribution in [2.75, 3.05) is 37.5 Å². The number of carbonyl (C=O) groups is 1. The molecule has 9 heteroatoms. The predicted molar refractivity (Wildman–Crippen MR) is 140 cm³/mol. The highest BCUT2D eigenvalue weighted by Gasteiger charge is 2.42. The van der Waals surface area contributed by atoms with Crippen LogP contribution in [0.1, 0.15) is 41.2 Å². The van der Waals surface area contributed by atoms with Crippen LogP contribution in [-0.2, 0) is 29.7 Å². The number of carboxylic acid groups (broad SMARTS) is 1. The zero-order valence-corrected chi connectivity index (χ0v) is 21.3. The summed E-state index contributed by atoms with van der Waals surface area (Å²) in [6, 6.07) is 14.2. The summed E-state index contributed by atoms with van der Waals surface area (Å²) in [7, 11) is 3.80. The molecule has 2 N–H and O–H groups in total. The maximum Gasteiger partial charge on any atom is 0.304 e. The van der Waals surface area contributed by atoms with Gasteiger partial charge in [0.15, 0.2) is 5.82 Å². The van der Waals surface area contributed by atoms with Gasteiger partial charge in [0.25, 0.3) is 0 Å². The molecule has 0 bridgehead atoms. The smallest absolute Gasteiger partial charge is 0.304 e. The predicted octanol–water partition coefficient (Wildman–Crippen LogP) is 3.84. The van der Waals surface area contributed by atoms with Gasteiger partial charge in [-0.1, -0.05) is 25.1 Å². The fraction of sp³-hybridized carbons (Fsp3) is 0.357. The van der Waals surface area contributed by atoms with Gasteiger partial charge >= 0.3 is 5.97 Å². The first-order valence-corrected chi connectivity index (χ1v) is 12.3. The summed E-state index contributed by atoms with van der Waals surface area (Å²) in [4.78, 5) is 25.0. The van der Waals surface area contributed by atoms with Crippen molar-refractivity contribution in [2.24, 2.45) is 0 Å². The standard InChI is InChI=1S/C28H30N6O3/c1-28(12-25(35)36)17-34(23-7-5-4-6-22(23)28)26-21(13-29)15-31-27(32-26)30-14-19-10-20-16-33(2)9-8-18(20)11-24(19)37-3/h4-7,10-11,15H,8-9,12,14,16-17H2,1-3H3,(H,35,36)(H,30,31,32). The summed E-state index contributed by atoms with van der Waals surface area (Å²) < 4.78 is 5.67. The van der Waals surface area contributed by atoms with Crippen molar-refractivity contribution in [3.05, 3.63) is 70.4 Å². The number of nitrogens with one attached hydrogen (secondary N) is 1. The van der Waals surface area contributed by atoms with Gasteiger partial charge in [0.2, 0.25) is 5.95 Å². The van der Waals surface area contributed by atoms with Crippen molar-refractivity contribution in [2.45, 2.75) is 38.3 Å². The van der Waals surface area contributed by atoms with E-state index in [-0.39, 0.29) is 6.42 Å². The third kappa shape index (κ3) is 4.68. The molecule has 0 spiro atoms. The monoisotopic (exact) mass is 498 g/mol. The Bertz CT molecular complexity index is 1400. The van der Waals surface area contributed by atoms with Crippen molar-refractivity contribution < 1.29 is 14.6 Å². The highest BCUT2D eigenvalue weighted by Crippen LogP contribution is 2.46. The first-order chi connectivity index (χ1) is 17.8. The van der Waals surface area contributed by atoms with Gasteiger partial charge in [0.1, 0.15) is 17.4 Å². The summed E-state index contributed by atoms with van der Waals surface area (Å²) in [5, 5.41) is 22.7. The Morgan fingerprint density at radius 2 is 2.11 bits per heavy atom.